The average molecular weight is 306 g/mol. The van der Waals surface area contributed by atoms with Gasteiger partial charge in [-0.2, -0.15) is 0 Å². The summed E-state index contributed by atoms with van der Waals surface area (Å²) in [7, 11) is 0. The second-order valence-electron chi connectivity index (χ2n) is 5.11. The fourth-order valence-corrected chi connectivity index (χ4v) is 1.92. The first-order valence-corrected chi connectivity index (χ1v) is 7.27. The summed E-state index contributed by atoms with van der Waals surface area (Å²) >= 11 is 0. The van der Waals surface area contributed by atoms with E-state index in [2.05, 4.69) is 43.4 Å². The lowest BCUT2D eigenvalue weighted by Gasteiger charge is -2.12. The molecule has 0 spiro atoms. The van der Waals surface area contributed by atoms with Crippen LogP contribution < -0.4 is 10.1 Å². The van der Waals surface area contributed by atoms with E-state index in [1.807, 2.05) is 30.3 Å². The largest absolute Gasteiger partial charge is 0.489 e. The summed E-state index contributed by atoms with van der Waals surface area (Å²) in [4.78, 5) is 0. The quantitative estimate of drug-likeness (QED) is 0.808. The Labute approximate surface area is 133 Å². The number of hydrogen-bond donors (Lipinski definition) is 1. The van der Waals surface area contributed by atoms with Gasteiger partial charge in [0.2, 0.25) is 0 Å². The number of rotatable bonds is 7. The van der Waals surface area contributed by atoms with Crippen LogP contribution in [-0.4, -0.2) is 6.04 Å². The van der Waals surface area contributed by atoms with Crippen LogP contribution in [-0.2, 0) is 13.2 Å². The highest BCUT2D eigenvalue weighted by Crippen LogP contribution is 2.15. The molecule has 1 unspecified atom stereocenters. The Kier molecular flexibility index (Phi) is 7.88. The van der Waals surface area contributed by atoms with Crippen LogP contribution in [0.5, 0.6) is 5.75 Å². The minimum Gasteiger partial charge on any atom is -0.489 e. The molecule has 0 radical (unpaired) electrons. The van der Waals surface area contributed by atoms with Crippen molar-refractivity contribution in [1.82, 2.24) is 5.32 Å². The van der Waals surface area contributed by atoms with Crippen molar-refractivity contribution in [3.05, 3.63) is 65.7 Å². The summed E-state index contributed by atoms with van der Waals surface area (Å²) in [5.74, 6) is 0.928. The van der Waals surface area contributed by atoms with Crippen molar-refractivity contribution in [2.24, 2.45) is 0 Å². The van der Waals surface area contributed by atoms with Crippen molar-refractivity contribution in [1.29, 1.82) is 0 Å². The average Bonchev–Trinajstić information content (AvgIpc) is 2.52. The van der Waals surface area contributed by atoms with E-state index < -0.39 is 0 Å². The van der Waals surface area contributed by atoms with Gasteiger partial charge in [-0.1, -0.05) is 49.4 Å². The molecule has 0 aliphatic carbocycles. The molecule has 0 saturated carbocycles. The van der Waals surface area contributed by atoms with Gasteiger partial charge in [0.25, 0.3) is 0 Å². The molecule has 3 heteroatoms. The number of nitrogens with one attached hydrogen (secondary N) is 1. The first-order valence-electron chi connectivity index (χ1n) is 7.27. The van der Waals surface area contributed by atoms with Gasteiger partial charge in [-0.25, -0.2) is 0 Å². The van der Waals surface area contributed by atoms with Crippen LogP contribution in [0.4, 0.5) is 0 Å². The number of benzene rings is 2. The van der Waals surface area contributed by atoms with Crippen LogP contribution in [0, 0.1) is 0 Å². The highest BCUT2D eigenvalue weighted by molar-refractivity contribution is 5.85. The minimum atomic E-state index is 0. The van der Waals surface area contributed by atoms with Gasteiger partial charge < -0.3 is 10.1 Å². The van der Waals surface area contributed by atoms with Crippen molar-refractivity contribution in [3.63, 3.8) is 0 Å². The summed E-state index contributed by atoms with van der Waals surface area (Å²) < 4.78 is 5.84. The Morgan fingerprint density at radius 3 is 2.43 bits per heavy atom. The highest BCUT2D eigenvalue weighted by atomic mass is 35.5. The van der Waals surface area contributed by atoms with Crippen LogP contribution in [0.2, 0.25) is 0 Å². The van der Waals surface area contributed by atoms with Gasteiger partial charge in [-0.3, -0.25) is 0 Å². The standard InChI is InChI=1S/C18H23NO.ClH/c1-3-15(2)19-13-17-10-7-11-18(12-17)20-14-16-8-5-4-6-9-16;/h4-12,15,19H,3,13-14H2,1-2H3;1H. The third-order valence-corrected chi connectivity index (χ3v) is 3.41. The van der Waals surface area contributed by atoms with Crippen molar-refractivity contribution < 1.29 is 4.74 Å². The first kappa shape index (κ1) is 17.5. The first-order chi connectivity index (χ1) is 9.78. The van der Waals surface area contributed by atoms with Gasteiger partial charge >= 0.3 is 0 Å². The lowest BCUT2D eigenvalue weighted by molar-refractivity contribution is 0.306. The predicted molar refractivity (Wildman–Crippen MR) is 91.1 cm³/mol. The van der Waals surface area contributed by atoms with Gasteiger partial charge in [-0.05, 0) is 36.6 Å². The van der Waals surface area contributed by atoms with Gasteiger partial charge in [-0.15, -0.1) is 12.4 Å². The molecule has 2 nitrogen and oxygen atoms in total. The van der Waals surface area contributed by atoms with E-state index in [9.17, 15) is 0 Å². The molecular formula is C18H24ClNO. The molecule has 2 aromatic rings. The zero-order chi connectivity index (χ0) is 14.2. The summed E-state index contributed by atoms with van der Waals surface area (Å²) in [5.41, 5.74) is 2.45. The molecule has 0 aliphatic rings. The fourth-order valence-electron chi connectivity index (χ4n) is 1.92. The number of hydrogen-bond acceptors (Lipinski definition) is 2. The van der Waals surface area contributed by atoms with Crippen molar-refractivity contribution in [2.75, 3.05) is 0 Å². The Morgan fingerprint density at radius 1 is 1.00 bits per heavy atom. The molecule has 0 fully saturated rings. The normalized spacial score (nSPS) is 11.5. The molecule has 0 aliphatic heterocycles. The molecule has 2 aromatic carbocycles. The van der Waals surface area contributed by atoms with Gasteiger partial charge in [0.15, 0.2) is 0 Å². The zero-order valence-corrected chi connectivity index (χ0v) is 13.5. The smallest absolute Gasteiger partial charge is 0.120 e. The van der Waals surface area contributed by atoms with E-state index in [1.165, 1.54) is 11.1 Å². The SMILES string of the molecule is CCC(C)NCc1cccc(OCc2ccccc2)c1.Cl. The molecule has 0 amide bonds. The lowest BCUT2D eigenvalue weighted by atomic mass is 10.2. The van der Waals surface area contributed by atoms with Crippen LogP contribution in [0.1, 0.15) is 31.4 Å². The Morgan fingerprint density at radius 2 is 1.71 bits per heavy atom. The molecule has 0 bridgehead atoms. The summed E-state index contributed by atoms with van der Waals surface area (Å²) in [5, 5.41) is 3.49. The molecule has 114 valence electrons. The van der Waals surface area contributed by atoms with Crippen LogP contribution in [0.3, 0.4) is 0 Å². The van der Waals surface area contributed by atoms with Crippen molar-refractivity contribution >= 4 is 12.4 Å². The Hall–Kier alpha value is -1.51. The topological polar surface area (TPSA) is 21.3 Å². The molecule has 0 saturated heterocycles. The monoisotopic (exact) mass is 305 g/mol. The maximum absolute atomic E-state index is 5.84. The molecule has 1 N–H and O–H groups in total. The van der Waals surface area contributed by atoms with E-state index in [0.29, 0.717) is 12.6 Å². The fraction of sp³-hybridized carbons (Fsp3) is 0.333. The maximum atomic E-state index is 5.84. The van der Waals surface area contributed by atoms with Crippen LogP contribution >= 0.6 is 12.4 Å². The summed E-state index contributed by atoms with van der Waals surface area (Å²) in [6.07, 6.45) is 1.14. The zero-order valence-electron chi connectivity index (χ0n) is 12.7. The summed E-state index contributed by atoms with van der Waals surface area (Å²) in [6.45, 7) is 5.90. The third kappa shape index (κ3) is 6.19. The molecule has 21 heavy (non-hydrogen) atoms. The van der Waals surface area contributed by atoms with Gasteiger partial charge in [0.1, 0.15) is 12.4 Å². The Balaban J connectivity index is 0.00000220. The van der Waals surface area contributed by atoms with Gasteiger partial charge in [0.05, 0.1) is 0 Å². The van der Waals surface area contributed by atoms with E-state index in [4.69, 9.17) is 4.74 Å². The third-order valence-electron chi connectivity index (χ3n) is 3.41. The molecule has 0 heterocycles. The Bertz CT molecular complexity index is 516. The van der Waals surface area contributed by atoms with E-state index in [0.717, 1.165) is 18.7 Å². The predicted octanol–water partition coefficient (Wildman–Crippen LogP) is 4.58. The van der Waals surface area contributed by atoms with Crippen molar-refractivity contribution in [2.45, 2.75) is 39.5 Å². The molecule has 0 aromatic heterocycles. The van der Waals surface area contributed by atoms with Gasteiger partial charge in [0, 0.05) is 12.6 Å². The second kappa shape index (κ2) is 9.43. The minimum absolute atomic E-state index is 0. The highest BCUT2D eigenvalue weighted by Gasteiger charge is 2.00. The molecule has 1 atom stereocenters. The number of ether oxygens (including phenoxy) is 1. The maximum Gasteiger partial charge on any atom is 0.120 e. The van der Waals surface area contributed by atoms with E-state index in [-0.39, 0.29) is 12.4 Å². The van der Waals surface area contributed by atoms with E-state index in [1.54, 1.807) is 0 Å². The number of halogens is 1. The van der Waals surface area contributed by atoms with E-state index >= 15 is 0 Å². The van der Waals surface area contributed by atoms with Crippen LogP contribution in [0.25, 0.3) is 0 Å². The van der Waals surface area contributed by atoms with Crippen molar-refractivity contribution in [3.8, 4) is 5.75 Å². The molecular weight excluding hydrogens is 282 g/mol. The van der Waals surface area contributed by atoms with Crippen LogP contribution in [0.15, 0.2) is 54.6 Å². The summed E-state index contributed by atoms with van der Waals surface area (Å²) in [6, 6.07) is 19.1. The lowest BCUT2D eigenvalue weighted by Crippen LogP contribution is -2.24. The molecule has 2 rings (SSSR count). The second-order valence-corrected chi connectivity index (χ2v) is 5.11.